The maximum atomic E-state index is 13.3. The van der Waals surface area contributed by atoms with Crippen LogP contribution >= 0.6 is 0 Å². The molecular formula is C19H21FN4O2S. The van der Waals surface area contributed by atoms with Gasteiger partial charge in [0.1, 0.15) is 10.7 Å². The first-order chi connectivity index (χ1) is 12.9. The molecule has 27 heavy (non-hydrogen) atoms. The molecule has 1 atom stereocenters. The first-order valence-corrected chi connectivity index (χ1v) is 10.0. The second-order valence-electron chi connectivity index (χ2n) is 6.43. The van der Waals surface area contributed by atoms with E-state index in [9.17, 15) is 12.8 Å². The SMILES string of the molecule is Cc1n[nH]c(C)c1S(=O)(=O)NCC(Cc1cccnc1)c1ccc(F)cc1. The predicted octanol–water partition coefficient (Wildman–Crippen LogP) is 2.87. The van der Waals surface area contributed by atoms with Gasteiger partial charge in [-0.25, -0.2) is 17.5 Å². The van der Waals surface area contributed by atoms with E-state index in [4.69, 9.17) is 0 Å². The second-order valence-corrected chi connectivity index (χ2v) is 8.13. The average Bonchev–Trinajstić information content (AvgIpc) is 2.99. The molecule has 3 rings (SSSR count). The summed E-state index contributed by atoms with van der Waals surface area (Å²) in [4.78, 5) is 4.28. The van der Waals surface area contributed by atoms with Gasteiger partial charge in [0.05, 0.1) is 11.4 Å². The van der Waals surface area contributed by atoms with Crippen LogP contribution in [-0.2, 0) is 16.4 Å². The van der Waals surface area contributed by atoms with Gasteiger partial charge in [-0.05, 0) is 49.6 Å². The fourth-order valence-electron chi connectivity index (χ4n) is 3.07. The normalized spacial score (nSPS) is 12.9. The van der Waals surface area contributed by atoms with Crippen molar-refractivity contribution >= 4 is 10.0 Å². The van der Waals surface area contributed by atoms with Gasteiger partial charge < -0.3 is 0 Å². The Hall–Kier alpha value is -2.58. The molecule has 0 aliphatic rings. The third kappa shape index (κ3) is 4.58. The number of halogens is 1. The number of aromatic amines is 1. The summed E-state index contributed by atoms with van der Waals surface area (Å²) < 4.78 is 41.4. The zero-order valence-electron chi connectivity index (χ0n) is 15.1. The van der Waals surface area contributed by atoms with E-state index in [1.807, 2.05) is 12.1 Å². The van der Waals surface area contributed by atoms with Crippen LogP contribution in [0.25, 0.3) is 0 Å². The standard InChI is InChI=1S/C19H21FN4O2S/c1-13-19(14(2)24-23-13)27(25,26)22-12-17(10-15-4-3-9-21-11-15)16-5-7-18(20)8-6-16/h3-9,11,17,22H,10,12H2,1-2H3,(H,23,24). The largest absolute Gasteiger partial charge is 0.281 e. The lowest BCUT2D eigenvalue weighted by Gasteiger charge is -2.18. The molecule has 1 aromatic carbocycles. The third-order valence-electron chi connectivity index (χ3n) is 4.40. The van der Waals surface area contributed by atoms with Crippen LogP contribution in [0.4, 0.5) is 4.39 Å². The first kappa shape index (κ1) is 19.2. The van der Waals surface area contributed by atoms with Crippen molar-refractivity contribution in [1.82, 2.24) is 19.9 Å². The molecule has 6 nitrogen and oxygen atoms in total. The first-order valence-electron chi connectivity index (χ1n) is 8.52. The van der Waals surface area contributed by atoms with Crippen LogP contribution < -0.4 is 4.72 Å². The summed E-state index contributed by atoms with van der Waals surface area (Å²) in [7, 11) is -3.72. The summed E-state index contributed by atoms with van der Waals surface area (Å²) in [5.74, 6) is -0.499. The zero-order valence-corrected chi connectivity index (χ0v) is 15.9. The predicted molar refractivity (Wildman–Crippen MR) is 100 cm³/mol. The van der Waals surface area contributed by atoms with Crippen molar-refractivity contribution in [2.24, 2.45) is 0 Å². The molecule has 2 heterocycles. The number of aryl methyl sites for hydroxylation is 2. The Kier molecular flexibility index (Phi) is 5.67. The van der Waals surface area contributed by atoms with E-state index in [2.05, 4.69) is 19.9 Å². The third-order valence-corrected chi connectivity index (χ3v) is 6.08. The molecular weight excluding hydrogens is 367 g/mol. The van der Waals surface area contributed by atoms with Gasteiger partial charge in [-0.1, -0.05) is 18.2 Å². The smallest absolute Gasteiger partial charge is 0.244 e. The van der Waals surface area contributed by atoms with Crippen molar-refractivity contribution in [3.05, 3.63) is 77.1 Å². The van der Waals surface area contributed by atoms with E-state index in [1.165, 1.54) is 12.1 Å². The van der Waals surface area contributed by atoms with E-state index >= 15 is 0 Å². The van der Waals surface area contributed by atoms with Crippen molar-refractivity contribution in [3.8, 4) is 0 Å². The quantitative estimate of drug-likeness (QED) is 0.651. The fourth-order valence-corrected chi connectivity index (χ4v) is 4.51. The molecule has 0 spiro atoms. The Balaban J connectivity index is 1.84. The van der Waals surface area contributed by atoms with Gasteiger partial charge in [-0.2, -0.15) is 5.10 Å². The fraction of sp³-hybridized carbons (Fsp3) is 0.263. The molecule has 142 valence electrons. The Bertz CT molecular complexity index is 982. The van der Waals surface area contributed by atoms with Crippen molar-refractivity contribution < 1.29 is 12.8 Å². The van der Waals surface area contributed by atoms with Crippen LogP contribution in [0.15, 0.2) is 53.7 Å². The number of hydrogen-bond donors (Lipinski definition) is 2. The van der Waals surface area contributed by atoms with Crippen LogP contribution in [0.5, 0.6) is 0 Å². The summed E-state index contributed by atoms with van der Waals surface area (Å²) in [5, 5.41) is 6.64. The molecule has 0 aliphatic heterocycles. The number of aromatic nitrogens is 3. The maximum absolute atomic E-state index is 13.3. The highest BCUT2D eigenvalue weighted by Crippen LogP contribution is 2.22. The number of H-pyrrole nitrogens is 1. The van der Waals surface area contributed by atoms with Crippen LogP contribution in [0, 0.1) is 19.7 Å². The van der Waals surface area contributed by atoms with Gasteiger partial charge in [0, 0.05) is 24.9 Å². The summed E-state index contributed by atoms with van der Waals surface area (Å²) >= 11 is 0. The summed E-state index contributed by atoms with van der Waals surface area (Å²) in [6.07, 6.45) is 4.00. The van der Waals surface area contributed by atoms with Crippen molar-refractivity contribution in [2.45, 2.75) is 31.1 Å². The highest BCUT2D eigenvalue weighted by atomic mass is 32.2. The molecule has 0 saturated heterocycles. The maximum Gasteiger partial charge on any atom is 0.244 e. The number of nitrogens with one attached hydrogen (secondary N) is 2. The molecule has 3 aromatic rings. The Morgan fingerprint density at radius 2 is 1.93 bits per heavy atom. The number of sulfonamides is 1. The highest BCUT2D eigenvalue weighted by molar-refractivity contribution is 7.89. The molecule has 0 aliphatic carbocycles. The van der Waals surface area contributed by atoms with Crippen LogP contribution in [-0.4, -0.2) is 30.1 Å². The second kappa shape index (κ2) is 7.98. The minimum atomic E-state index is -3.72. The number of nitrogens with zero attached hydrogens (tertiary/aromatic N) is 2. The Morgan fingerprint density at radius 1 is 1.19 bits per heavy atom. The van der Waals surface area contributed by atoms with Crippen LogP contribution in [0.3, 0.4) is 0 Å². The summed E-state index contributed by atoms with van der Waals surface area (Å²) in [6.45, 7) is 3.49. The lowest BCUT2D eigenvalue weighted by molar-refractivity contribution is 0.566. The number of rotatable bonds is 7. The highest BCUT2D eigenvalue weighted by Gasteiger charge is 2.24. The molecule has 8 heteroatoms. The van der Waals surface area contributed by atoms with Gasteiger partial charge in [0.15, 0.2) is 0 Å². The van der Waals surface area contributed by atoms with Gasteiger partial charge in [-0.15, -0.1) is 0 Å². The lowest BCUT2D eigenvalue weighted by atomic mass is 9.93. The molecule has 0 amide bonds. The molecule has 2 N–H and O–H groups in total. The minimum absolute atomic E-state index is 0.168. The lowest BCUT2D eigenvalue weighted by Crippen LogP contribution is -2.30. The van der Waals surface area contributed by atoms with Crippen LogP contribution in [0.2, 0.25) is 0 Å². The van der Waals surface area contributed by atoms with Crippen molar-refractivity contribution in [3.63, 3.8) is 0 Å². The molecule has 1 unspecified atom stereocenters. The van der Waals surface area contributed by atoms with Gasteiger partial charge >= 0.3 is 0 Å². The summed E-state index contributed by atoms with van der Waals surface area (Å²) in [6, 6.07) is 9.88. The van der Waals surface area contributed by atoms with E-state index < -0.39 is 10.0 Å². The molecule has 0 radical (unpaired) electrons. The van der Waals surface area contributed by atoms with E-state index in [-0.39, 0.29) is 23.2 Å². The topological polar surface area (TPSA) is 87.7 Å². The Morgan fingerprint density at radius 3 is 2.52 bits per heavy atom. The van der Waals surface area contributed by atoms with E-state index in [1.54, 1.807) is 38.4 Å². The van der Waals surface area contributed by atoms with Gasteiger partial charge in [-0.3, -0.25) is 10.1 Å². The zero-order chi connectivity index (χ0) is 19.4. The number of benzene rings is 1. The molecule has 0 saturated carbocycles. The van der Waals surface area contributed by atoms with E-state index in [0.29, 0.717) is 17.8 Å². The Labute approximate surface area is 157 Å². The van der Waals surface area contributed by atoms with Gasteiger partial charge in [0.25, 0.3) is 0 Å². The van der Waals surface area contributed by atoms with E-state index in [0.717, 1.165) is 11.1 Å². The summed E-state index contributed by atoms with van der Waals surface area (Å²) in [5.41, 5.74) is 2.74. The van der Waals surface area contributed by atoms with Crippen molar-refractivity contribution in [2.75, 3.05) is 6.54 Å². The number of pyridine rings is 1. The average molecular weight is 388 g/mol. The van der Waals surface area contributed by atoms with Crippen LogP contribution in [0.1, 0.15) is 28.4 Å². The monoisotopic (exact) mass is 388 g/mol. The van der Waals surface area contributed by atoms with Gasteiger partial charge in [0.2, 0.25) is 10.0 Å². The van der Waals surface area contributed by atoms with Crippen molar-refractivity contribution in [1.29, 1.82) is 0 Å². The number of hydrogen-bond acceptors (Lipinski definition) is 4. The molecule has 2 aromatic heterocycles. The minimum Gasteiger partial charge on any atom is -0.281 e. The molecule has 0 fully saturated rings. The molecule has 0 bridgehead atoms.